The Morgan fingerprint density at radius 1 is 0.475 bits per heavy atom. The van der Waals surface area contributed by atoms with Gasteiger partial charge < -0.3 is 25.5 Å². The fourth-order valence-electron chi connectivity index (χ4n) is 5.84. The number of rotatable bonds is 21. The highest BCUT2D eigenvalue weighted by Gasteiger charge is 2.20. The van der Waals surface area contributed by atoms with Crippen LogP contribution in [0.25, 0.3) is 11.1 Å². The first kappa shape index (κ1) is 44.8. The molecule has 0 aliphatic heterocycles. The third-order valence-corrected chi connectivity index (χ3v) is 8.15. The van der Waals surface area contributed by atoms with Crippen molar-refractivity contribution in [1.29, 1.82) is 0 Å². The number of pyridine rings is 2. The number of carbonyl (C=O) groups is 5. The molecule has 302 valence electrons. The molecule has 19 heteroatoms. The van der Waals surface area contributed by atoms with Crippen molar-refractivity contribution >= 4 is 76.0 Å². The Labute approximate surface area is 347 Å². The molecule has 0 saturated heterocycles. The molecule has 0 fully saturated rings. The lowest BCUT2D eigenvalue weighted by Crippen LogP contribution is -2.34. The Kier molecular flexibility index (Phi) is 16.8. The van der Waals surface area contributed by atoms with Gasteiger partial charge in [0.05, 0.1) is 77.2 Å². The molecule has 0 aliphatic carbocycles. The summed E-state index contributed by atoms with van der Waals surface area (Å²) in [5, 5.41) is 52.3. The Morgan fingerprint density at radius 3 is 1.20 bits per heavy atom. The molecule has 59 heavy (non-hydrogen) atoms. The second kappa shape index (κ2) is 22.2. The van der Waals surface area contributed by atoms with E-state index in [1.54, 1.807) is 72.8 Å². The Morgan fingerprint density at radius 2 is 0.814 bits per heavy atom. The van der Waals surface area contributed by atoms with Crippen molar-refractivity contribution in [1.82, 2.24) is 24.7 Å². The van der Waals surface area contributed by atoms with Gasteiger partial charge in [-0.2, -0.15) is 9.98 Å². The van der Waals surface area contributed by atoms with Gasteiger partial charge in [-0.1, -0.05) is 24.0 Å². The lowest BCUT2D eigenvalue weighted by molar-refractivity contribution is -0.144. The molecule has 0 bridgehead atoms. The normalized spacial score (nSPS) is 10.6. The highest BCUT2D eigenvalue weighted by molar-refractivity contribution is 7.78. The van der Waals surface area contributed by atoms with E-state index in [1.165, 1.54) is 14.7 Å². The lowest BCUT2D eigenvalue weighted by atomic mass is 10.0. The van der Waals surface area contributed by atoms with E-state index in [0.717, 1.165) is 0 Å². The van der Waals surface area contributed by atoms with Gasteiger partial charge in [0.25, 0.3) is 0 Å². The van der Waals surface area contributed by atoms with E-state index >= 15 is 0 Å². The minimum absolute atomic E-state index is 0.0775. The minimum atomic E-state index is -1.25. The first-order valence-corrected chi connectivity index (χ1v) is 18.1. The van der Waals surface area contributed by atoms with E-state index in [0.29, 0.717) is 50.7 Å². The zero-order valence-corrected chi connectivity index (χ0v) is 32.6. The van der Waals surface area contributed by atoms with Crippen molar-refractivity contribution in [2.45, 2.75) is 26.2 Å². The first-order valence-electron chi connectivity index (χ1n) is 17.3. The SMILES string of the molecule is O=C(O)CN(CC(=O)O)Cc1cc(C#Cc2ccc(N=C=S)cc2)cc(CN(CC(=O)O)Cc2cc(-c3ccc(N=C=S)cc3)cc(CN(CC(=O)O)CC(=O)O)n2)n1. The molecule has 4 rings (SSSR count). The van der Waals surface area contributed by atoms with Gasteiger partial charge in [0.1, 0.15) is 0 Å². The molecular formula is C40H35N7O10S2. The molecule has 0 atom stereocenters. The highest BCUT2D eigenvalue weighted by Crippen LogP contribution is 2.25. The van der Waals surface area contributed by atoms with Gasteiger partial charge in [0.2, 0.25) is 0 Å². The minimum Gasteiger partial charge on any atom is -0.480 e. The van der Waals surface area contributed by atoms with E-state index < -0.39 is 62.6 Å². The number of benzene rings is 2. The third kappa shape index (κ3) is 15.9. The van der Waals surface area contributed by atoms with Gasteiger partial charge in [-0.3, -0.25) is 48.6 Å². The summed E-state index contributed by atoms with van der Waals surface area (Å²) in [7, 11) is 0. The average molecular weight is 838 g/mol. The van der Waals surface area contributed by atoms with Crippen LogP contribution in [0.5, 0.6) is 0 Å². The predicted molar refractivity (Wildman–Crippen MR) is 219 cm³/mol. The zero-order chi connectivity index (χ0) is 42.9. The van der Waals surface area contributed by atoms with E-state index in [9.17, 15) is 49.5 Å². The summed E-state index contributed by atoms with van der Waals surface area (Å²) in [5.74, 6) is -0.102. The maximum absolute atomic E-state index is 12.2. The molecule has 5 N–H and O–H groups in total. The van der Waals surface area contributed by atoms with E-state index in [1.807, 2.05) is 0 Å². The van der Waals surface area contributed by atoms with Crippen LogP contribution < -0.4 is 0 Å². The van der Waals surface area contributed by atoms with Crippen LogP contribution in [0.4, 0.5) is 11.4 Å². The number of nitrogens with zero attached hydrogens (tertiary/aromatic N) is 7. The van der Waals surface area contributed by atoms with Gasteiger partial charge in [0.15, 0.2) is 0 Å². The molecule has 17 nitrogen and oxygen atoms in total. The average Bonchev–Trinajstić information content (AvgIpc) is 3.13. The second-order valence-electron chi connectivity index (χ2n) is 12.8. The van der Waals surface area contributed by atoms with E-state index in [-0.39, 0.29) is 31.9 Å². The van der Waals surface area contributed by atoms with Crippen molar-refractivity contribution in [3.05, 3.63) is 107 Å². The van der Waals surface area contributed by atoms with Crippen LogP contribution in [0, 0.1) is 11.8 Å². The molecule has 2 aromatic carbocycles. The van der Waals surface area contributed by atoms with E-state index in [2.05, 4.69) is 54.3 Å². The van der Waals surface area contributed by atoms with Crippen molar-refractivity contribution in [2.24, 2.45) is 9.98 Å². The van der Waals surface area contributed by atoms with Crippen LogP contribution in [0.1, 0.15) is 33.9 Å². The fraction of sp³-hybridized carbons (Fsp3) is 0.225. The number of aliphatic carboxylic acids is 5. The molecule has 0 amide bonds. The van der Waals surface area contributed by atoms with Crippen molar-refractivity contribution in [3.63, 3.8) is 0 Å². The Balaban J connectivity index is 1.77. The largest absolute Gasteiger partial charge is 0.480 e. The third-order valence-electron chi connectivity index (χ3n) is 7.97. The maximum Gasteiger partial charge on any atom is 0.317 e. The number of isothiocyanates is 2. The fourth-order valence-corrected chi connectivity index (χ4v) is 6.05. The van der Waals surface area contributed by atoms with Crippen LogP contribution in [0.3, 0.4) is 0 Å². The first-order chi connectivity index (χ1) is 28.2. The number of hydrogen-bond acceptors (Lipinski definition) is 14. The smallest absolute Gasteiger partial charge is 0.317 e. The summed E-state index contributed by atoms with van der Waals surface area (Å²) in [4.78, 5) is 79.6. The summed E-state index contributed by atoms with van der Waals surface area (Å²) in [5.41, 5.74) is 4.74. The summed E-state index contributed by atoms with van der Waals surface area (Å²) >= 11 is 9.35. The Hall–Kier alpha value is -6.87. The van der Waals surface area contributed by atoms with Crippen LogP contribution in [0.2, 0.25) is 0 Å². The van der Waals surface area contributed by atoms with Crippen LogP contribution in [-0.4, -0.2) is 123 Å². The molecule has 2 heterocycles. The molecule has 0 spiro atoms. The van der Waals surface area contributed by atoms with Crippen LogP contribution in [0.15, 0.2) is 82.8 Å². The molecule has 0 saturated carbocycles. The van der Waals surface area contributed by atoms with Gasteiger partial charge >= 0.3 is 29.8 Å². The maximum atomic E-state index is 12.2. The van der Waals surface area contributed by atoms with Crippen LogP contribution >= 0.6 is 24.4 Å². The summed E-state index contributed by atoms with van der Waals surface area (Å²) in [6, 6.07) is 20.3. The quantitative estimate of drug-likeness (QED) is 0.0451. The number of thiocarbonyl (C=S) groups is 2. The number of aromatic nitrogens is 2. The molecule has 0 aliphatic rings. The number of hydrogen-bond donors (Lipinski definition) is 5. The summed E-state index contributed by atoms with van der Waals surface area (Å²) in [6.45, 7) is -3.37. The highest BCUT2D eigenvalue weighted by atomic mass is 32.1. The number of carboxylic acids is 5. The molecule has 0 unspecified atom stereocenters. The van der Waals surface area contributed by atoms with Gasteiger partial charge in [-0.05, 0) is 96.2 Å². The summed E-state index contributed by atoms with van der Waals surface area (Å²) in [6.07, 6.45) is 0. The predicted octanol–water partition coefficient (Wildman–Crippen LogP) is 4.04. The van der Waals surface area contributed by atoms with Crippen molar-refractivity contribution < 1.29 is 49.5 Å². The van der Waals surface area contributed by atoms with E-state index in [4.69, 9.17) is 12.2 Å². The monoisotopic (exact) mass is 837 g/mol. The van der Waals surface area contributed by atoms with Gasteiger partial charge in [-0.25, -0.2) is 0 Å². The summed E-state index contributed by atoms with van der Waals surface area (Å²) < 4.78 is 0. The topological polar surface area (TPSA) is 247 Å². The van der Waals surface area contributed by atoms with Crippen molar-refractivity contribution in [2.75, 3.05) is 32.7 Å². The lowest BCUT2D eigenvalue weighted by Gasteiger charge is -2.23. The van der Waals surface area contributed by atoms with Gasteiger partial charge in [-0.15, -0.1) is 0 Å². The number of carboxylic acid groups (broad SMARTS) is 5. The Bertz CT molecular complexity index is 2340. The van der Waals surface area contributed by atoms with Crippen molar-refractivity contribution in [3.8, 4) is 23.0 Å². The van der Waals surface area contributed by atoms with Crippen LogP contribution in [-0.2, 0) is 50.2 Å². The van der Waals surface area contributed by atoms with Gasteiger partial charge in [0, 0.05) is 37.3 Å². The second-order valence-corrected chi connectivity index (χ2v) is 13.2. The molecule has 2 aromatic heterocycles. The zero-order valence-electron chi connectivity index (χ0n) is 31.0. The molecule has 4 aromatic rings. The molecular weight excluding hydrogens is 803 g/mol. The molecule has 0 radical (unpaired) electrons. The standard InChI is InChI=1S/C40H35N7O10S2/c48-36(49)19-45(17-34-13-29(28-5-9-31(10-6-28)42-25-59)14-35(44-34)18-47(22-39(54)55)23-40(56)57)15-32-11-27(2-1-26-3-7-30(8-4-26)41-24-58)12-33(43-32)16-46(20-37(50)51)21-38(52)53/h3-14H,15-23H2,(H,48,49)(H,50,51)(H,52,53)(H,54,55)(H,56,57). The number of aliphatic imine (C=N–C) groups is 2.